The van der Waals surface area contributed by atoms with Gasteiger partial charge in [-0.3, -0.25) is 0 Å². The van der Waals surface area contributed by atoms with Gasteiger partial charge in [0.2, 0.25) is 0 Å². The Kier molecular flexibility index (Phi) is 4.31. The molecule has 1 N–H and O–H groups in total. The summed E-state index contributed by atoms with van der Waals surface area (Å²) in [5.74, 6) is -0.266. The van der Waals surface area contributed by atoms with Crippen LogP contribution in [0, 0.1) is 5.82 Å². The van der Waals surface area contributed by atoms with Crippen molar-refractivity contribution in [2.75, 3.05) is 0 Å². The van der Waals surface area contributed by atoms with Crippen LogP contribution in [0.4, 0.5) is 4.39 Å². The monoisotopic (exact) mass is 314 g/mol. The largest absolute Gasteiger partial charge is 0.392 e. The smallest absolute Gasteiger partial charge is 0.126 e. The van der Waals surface area contributed by atoms with Crippen LogP contribution in [0.15, 0.2) is 39.5 Å². The molecule has 0 aliphatic heterocycles. The molecule has 17 heavy (non-hydrogen) atoms. The molecule has 2 aromatic rings. The number of hydrogen-bond donors (Lipinski definition) is 1. The molecule has 1 unspecified atom stereocenters. The number of aliphatic hydroxyl groups excluding tert-OH is 1. The number of thiophene rings is 1. The van der Waals surface area contributed by atoms with Crippen molar-refractivity contribution in [2.24, 2.45) is 0 Å². The molecule has 0 radical (unpaired) electrons. The molecule has 2 rings (SSSR count). The highest BCUT2D eigenvalue weighted by atomic mass is 79.9. The zero-order chi connectivity index (χ0) is 12.3. The fourth-order valence-corrected chi connectivity index (χ4v) is 2.80. The molecule has 1 aromatic heterocycles. The van der Waals surface area contributed by atoms with E-state index in [0.717, 1.165) is 10.0 Å². The predicted octanol–water partition coefficient (Wildman–Crippen LogP) is 3.80. The lowest BCUT2D eigenvalue weighted by atomic mass is 10.0. The van der Waals surface area contributed by atoms with Crippen molar-refractivity contribution in [3.8, 4) is 0 Å². The van der Waals surface area contributed by atoms with Crippen LogP contribution < -0.4 is 0 Å². The highest BCUT2D eigenvalue weighted by Crippen LogP contribution is 2.18. The molecule has 1 aromatic carbocycles. The molecular weight excluding hydrogens is 303 g/mol. The summed E-state index contributed by atoms with van der Waals surface area (Å²) in [5.41, 5.74) is 1.64. The van der Waals surface area contributed by atoms with Crippen molar-refractivity contribution < 1.29 is 9.50 Å². The van der Waals surface area contributed by atoms with Gasteiger partial charge in [0.1, 0.15) is 5.82 Å². The average molecular weight is 315 g/mol. The third kappa shape index (κ3) is 3.63. The Balaban J connectivity index is 2.02. The lowest BCUT2D eigenvalue weighted by Gasteiger charge is -2.10. The molecule has 1 nitrogen and oxygen atoms in total. The number of halogens is 2. The van der Waals surface area contributed by atoms with Gasteiger partial charge >= 0.3 is 0 Å². The quantitative estimate of drug-likeness (QED) is 0.910. The molecule has 4 heteroatoms. The highest BCUT2D eigenvalue weighted by molar-refractivity contribution is 9.10. The van der Waals surface area contributed by atoms with Crippen LogP contribution in [0.2, 0.25) is 0 Å². The topological polar surface area (TPSA) is 20.2 Å². The first-order valence-corrected chi connectivity index (χ1v) is 7.02. The number of hydrogen-bond acceptors (Lipinski definition) is 2. The molecule has 0 saturated heterocycles. The summed E-state index contributed by atoms with van der Waals surface area (Å²) in [7, 11) is 0. The minimum atomic E-state index is -0.548. The number of benzene rings is 1. The summed E-state index contributed by atoms with van der Waals surface area (Å²) >= 11 is 4.90. The molecule has 0 amide bonds. The second kappa shape index (κ2) is 5.76. The minimum Gasteiger partial charge on any atom is -0.392 e. The van der Waals surface area contributed by atoms with Crippen molar-refractivity contribution in [1.82, 2.24) is 0 Å². The van der Waals surface area contributed by atoms with Gasteiger partial charge in [-0.2, -0.15) is 11.3 Å². The van der Waals surface area contributed by atoms with E-state index in [0.29, 0.717) is 18.4 Å². The molecule has 0 aliphatic carbocycles. The van der Waals surface area contributed by atoms with Gasteiger partial charge < -0.3 is 5.11 Å². The Labute approximate surface area is 112 Å². The maximum absolute atomic E-state index is 13.5. The Morgan fingerprint density at radius 2 is 2.12 bits per heavy atom. The number of aliphatic hydroxyl groups is 1. The summed E-state index contributed by atoms with van der Waals surface area (Å²) in [5, 5.41) is 13.9. The summed E-state index contributed by atoms with van der Waals surface area (Å²) in [4.78, 5) is 0. The van der Waals surface area contributed by atoms with Crippen LogP contribution in [0.3, 0.4) is 0 Å². The van der Waals surface area contributed by atoms with Crippen molar-refractivity contribution in [3.63, 3.8) is 0 Å². The van der Waals surface area contributed by atoms with Crippen LogP contribution in [0.1, 0.15) is 11.1 Å². The molecule has 0 saturated carbocycles. The van der Waals surface area contributed by atoms with E-state index in [1.807, 2.05) is 16.8 Å². The van der Waals surface area contributed by atoms with Crippen LogP contribution in [0.25, 0.3) is 0 Å². The first-order valence-electron chi connectivity index (χ1n) is 5.28. The lowest BCUT2D eigenvalue weighted by Crippen LogP contribution is -2.14. The van der Waals surface area contributed by atoms with Crippen LogP contribution in [-0.2, 0) is 12.8 Å². The Bertz CT molecular complexity index is 484. The maximum Gasteiger partial charge on any atom is 0.126 e. The lowest BCUT2D eigenvalue weighted by molar-refractivity contribution is 0.174. The third-order valence-electron chi connectivity index (χ3n) is 2.51. The molecule has 1 heterocycles. The Morgan fingerprint density at radius 1 is 1.29 bits per heavy atom. The zero-order valence-corrected chi connectivity index (χ0v) is 11.5. The van der Waals surface area contributed by atoms with Gasteiger partial charge in [0, 0.05) is 10.9 Å². The molecule has 0 aliphatic rings. The van der Waals surface area contributed by atoms with Gasteiger partial charge in [-0.15, -0.1) is 0 Å². The van der Waals surface area contributed by atoms with Crippen molar-refractivity contribution in [3.05, 3.63) is 56.4 Å². The predicted molar refractivity (Wildman–Crippen MR) is 71.8 cm³/mol. The van der Waals surface area contributed by atoms with E-state index in [1.54, 1.807) is 23.5 Å². The summed E-state index contributed by atoms with van der Waals surface area (Å²) in [6.07, 6.45) is 0.352. The van der Waals surface area contributed by atoms with Gasteiger partial charge in [0.25, 0.3) is 0 Å². The van der Waals surface area contributed by atoms with Crippen molar-refractivity contribution in [1.29, 1.82) is 0 Å². The van der Waals surface area contributed by atoms with E-state index in [4.69, 9.17) is 0 Å². The molecular formula is C13H12BrFOS. The molecule has 1 atom stereocenters. The highest BCUT2D eigenvalue weighted by Gasteiger charge is 2.11. The van der Waals surface area contributed by atoms with Crippen molar-refractivity contribution in [2.45, 2.75) is 18.9 Å². The first-order chi connectivity index (χ1) is 8.15. The molecule has 90 valence electrons. The molecule has 0 fully saturated rings. The summed E-state index contributed by atoms with van der Waals surface area (Å²) < 4.78 is 14.3. The Hall–Kier alpha value is -0.710. The fourth-order valence-electron chi connectivity index (χ4n) is 1.71. The van der Waals surface area contributed by atoms with Gasteiger partial charge in [0.15, 0.2) is 0 Å². The fraction of sp³-hybridized carbons (Fsp3) is 0.231. The molecule has 0 bridgehead atoms. The minimum absolute atomic E-state index is 0.266. The maximum atomic E-state index is 13.5. The second-order valence-corrected chi connectivity index (χ2v) is 5.63. The summed E-state index contributed by atoms with van der Waals surface area (Å²) in [6, 6.07) is 6.76. The van der Waals surface area contributed by atoms with E-state index < -0.39 is 6.10 Å². The van der Waals surface area contributed by atoms with E-state index in [-0.39, 0.29) is 5.82 Å². The van der Waals surface area contributed by atoms with E-state index in [9.17, 15) is 9.50 Å². The average Bonchev–Trinajstić information content (AvgIpc) is 2.76. The normalized spacial score (nSPS) is 12.6. The first kappa shape index (κ1) is 12.7. The summed E-state index contributed by atoms with van der Waals surface area (Å²) in [6.45, 7) is 0. The Morgan fingerprint density at radius 3 is 2.82 bits per heavy atom. The zero-order valence-electron chi connectivity index (χ0n) is 9.07. The van der Waals surface area contributed by atoms with Gasteiger partial charge in [-0.05, 0) is 52.6 Å². The van der Waals surface area contributed by atoms with E-state index in [2.05, 4.69) is 15.9 Å². The third-order valence-corrected chi connectivity index (χ3v) is 3.74. The van der Waals surface area contributed by atoms with Gasteiger partial charge in [0.05, 0.1) is 6.10 Å². The SMILES string of the molecule is OC(Cc1ccsc1)Cc1cc(Br)ccc1F. The standard InChI is InChI=1S/C13H12BrFOS/c14-11-1-2-13(15)10(6-11)7-12(16)5-9-3-4-17-8-9/h1-4,6,8,12,16H,5,7H2. The van der Waals surface area contributed by atoms with Crippen LogP contribution >= 0.6 is 27.3 Å². The second-order valence-electron chi connectivity index (χ2n) is 3.93. The molecule has 0 spiro atoms. The van der Waals surface area contributed by atoms with E-state index in [1.165, 1.54) is 6.07 Å². The van der Waals surface area contributed by atoms with Gasteiger partial charge in [-0.25, -0.2) is 4.39 Å². The van der Waals surface area contributed by atoms with Crippen LogP contribution in [0.5, 0.6) is 0 Å². The van der Waals surface area contributed by atoms with Gasteiger partial charge in [-0.1, -0.05) is 15.9 Å². The van der Waals surface area contributed by atoms with Crippen molar-refractivity contribution >= 4 is 27.3 Å². The van der Waals surface area contributed by atoms with E-state index >= 15 is 0 Å². The van der Waals surface area contributed by atoms with Crippen LogP contribution in [-0.4, -0.2) is 11.2 Å². The number of rotatable bonds is 4.